The van der Waals surface area contributed by atoms with Gasteiger partial charge in [-0.15, -0.1) is 0 Å². The highest BCUT2D eigenvalue weighted by atomic mass is 32.2. The first-order valence-corrected chi connectivity index (χ1v) is 9.69. The average Bonchev–Trinajstić information content (AvgIpc) is 2.65. The molecule has 144 valence electrons. The van der Waals surface area contributed by atoms with Crippen LogP contribution in [0.2, 0.25) is 0 Å². The maximum Gasteiger partial charge on any atom is 0.312 e. The van der Waals surface area contributed by atoms with Gasteiger partial charge in [0.1, 0.15) is 0 Å². The van der Waals surface area contributed by atoms with E-state index in [-0.39, 0.29) is 31.1 Å². The fourth-order valence-corrected chi connectivity index (χ4v) is 2.89. The SMILES string of the molecule is NS(=O)(=O)c1ccc(CNC(=O)C(=O)N(CCO)Cc2ccccc2)cc1. The normalized spacial score (nSPS) is 11.0. The predicted octanol–water partition coefficient (Wildman–Crippen LogP) is -0.0287. The van der Waals surface area contributed by atoms with E-state index in [2.05, 4.69) is 5.32 Å². The summed E-state index contributed by atoms with van der Waals surface area (Å²) in [5, 5.41) is 16.7. The van der Waals surface area contributed by atoms with Crippen LogP contribution in [-0.4, -0.2) is 43.4 Å². The number of carbonyl (C=O) groups is 2. The lowest BCUT2D eigenvalue weighted by molar-refractivity contribution is -0.146. The molecule has 8 nitrogen and oxygen atoms in total. The molecule has 0 heterocycles. The number of nitrogens with one attached hydrogen (secondary N) is 1. The molecule has 0 fully saturated rings. The van der Waals surface area contributed by atoms with Gasteiger partial charge in [-0.25, -0.2) is 13.6 Å². The fraction of sp³-hybridized carbons (Fsp3) is 0.222. The Bertz CT molecular complexity index is 883. The summed E-state index contributed by atoms with van der Waals surface area (Å²) in [5.41, 5.74) is 1.45. The number of hydrogen-bond acceptors (Lipinski definition) is 5. The van der Waals surface area contributed by atoms with Gasteiger partial charge in [-0.05, 0) is 23.3 Å². The maximum atomic E-state index is 12.4. The number of nitrogens with zero attached hydrogens (tertiary/aromatic N) is 1. The lowest BCUT2D eigenvalue weighted by Crippen LogP contribution is -2.43. The Hall–Kier alpha value is -2.75. The van der Waals surface area contributed by atoms with Crippen molar-refractivity contribution >= 4 is 21.8 Å². The molecule has 4 N–H and O–H groups in total. The molecule has 0 saturated heterocycles. The first kappa shape index (κ1) is 20.6. The molecule has 0 atom stereocenters. The molecule has 2 rings (SSSR count). The number of hydrogen-bond donors (Lipinski definition) is 3. The second kappa shape index (κ2) is 9.26. The van der Waals surface area contributed by atoms with Crippen LogP contribution in [0.15, 0.2) is 59.5 Å². The van der Waals surface area contributed by atoms with Gasteiger partial charge >= 0.3 is 11.8 Å². The Kier molecular flexibility index (Phi) is 7.05. The Morgan fingerprint density at radius 2 is 1.63 bits per heavy atom. The van der Waals surface area contributed by atoms with Crippen LogP contribution >= 0.6 is 0 Å². The molecular weight excluding hydrogens is 370 g/mol. The summed E-state index contributed by atoms with van der Waals surface area (Å²) in [6, 6.07) is 14.8. The van der Waals surface area contributed by atoms with Gasteiger partial charge in [0.05, 0.1) is 11.5 Å². The van der Waals surface area contributed by atoms with Crippen molar-refractivity contribution in [2.45, 2.75) is 18.0 Å². The topological polar surface area (TPSA) is 130 Å². The fourth-order valence-electron chi connectivity index (χ4n) is 2.38. The molecule has 0 unspecified atom stereocenters. The van der Waals surface area contributed by atoms with Crippen molar-refractivity contribution in [3.8, 4) is 0 Å². The molecule has 0 bridgehead atoms. The highest BCUT2D eigenvalue weighted by Gasteiger charge is 2.21. The molecule has 2 amide bonds. The number of aliphatic hydroxyl groups excluding tert-OH is 1. The number of carbonyl (C=O) groups excluding carboxylic acids is 2. The van der Waals surface area contributed by atoms with Crippen LogP contribution in [0.3, 0.4) is 0 Å². The minimum Gasteiger partial charge on any atom is -0.395 e. The Labute approximate surface area is 157 Å². The molecule has 0 saturated carbocycles. The van der Waals surface area contributed by atoms with Crippen molar-refractivity contribution in [2.24, 2.45) is 5.14 Å². The lowest BCUT2D eigenvalue weighted by atomic mass is 10.2. The molecule has 27 heavy (non-hydrogen) atoms. The molecule has 0 aliphatic carbocycles. The van der Waals surface area contributed by atoms with Gasteiger partial charge in [-0.3, -0.25) is 9.59 Å². The first-order chi connectivity index (χ1) is 12.8. The van der Waals surface area contributed by atoms with Crippen molar-refractivity contribution < 1.29 is 23.1 Å². The van der Waals surface area contributed by atoms with Crippen LogP contribution in [-0.2, 0) is 32.7 Å². The zero-order valence-electron chi connectivity index (χ0n) is 14.5. The molecule has 0 aliphatic rings. The smallest absolute Gasteiger partial charge is 0.312 e. The van der Waals surface area contributed by atoms with Gasteiger partial charge in [0.25, 0.3) is 0 Å². The third-order valence-corrected chi connectivity index (χ3v) is 4.70. The summed E-state index contributed by atoms with van der Waals surface area (Å²) in [6.45, 7) is 0.0234. The largest absolute Gasteiger partial charge is 0.395 e. The van der Waals surface area contributed by atoms with Gasteiger partial charge in [-0.2, -0.15) is 0 Å². The van der Waals surface area contributed by atoms with Gasteiger partial charge in [-0.1, -0.05) is 42.5 Å². The van der Waals surface area contributed by atoms with Crippen LogP contribution in [0.1, 0.15) is 11.1 Å². The van der Waals surface area contributed by atoms with Crippen molar-refractivity contribution in [1.29, 1.82) is 0 Å². The van der Waals surface area contributed by atoms with E-state index in [9.17, 15) is 18.0 Å². The standard InChI is InChI=1S/C18H21N3O5S/c19-27(25,26)16-8-6-14(7-9-16)12-20-17(23)18(24)21(10-11-22)13-15-4-2-1-3-5-15/h1-9,22H,10-13H2,(H,20,23)(H2,19,25,26). The zero-order valence-corrected chi connectivity index (χ0v) is 15.4. The monoisotopic (exact) mass is 391 g/mol. The van der Waals surface area contributed by atoms with E-state index in [4.69, 9.17) is 10.2 Å². The highest BCUT2D eigenvalue weighted by Crippen LogP contribution is 2.09. The number of aliphatic hydroxyl groups is 1. The van der Waals surface area contributed by atoms with Crippen molar-refractivity contribution in [3.63, 3.8) is 0 Å². The Morgan fingerprint density at radius 1 is 1.00 bits per heavy atom. The quantitative estimate of drug-likeness (QED) is 0.571. The molecule has 0 aliphatic heterocycles. The summed E-state index contributed by atoms with van der Waals surface area (Å²) >= 11 is 0. The number of benzene rings is 2. The Balaban J connectivity index is 1.97. The number of sulfonamides is 1. The number of nitrogens with two attached hydrogens (primary N) is 1. The Morgan fingerprint density at radius 3 is 2.19 bits per heavy atom. The summed E-state index contributed by atoms with van der Waals surface area (Å²) in [6.07, 6.45) is 0. The van der Waals surface area contributed by atoms with Gasteiger partial charge < -0.3 is 15.3 Å². The van der Waals surface area contributed by atoms with E-state index in [0.717, 1.165) is 5.56 Å². The van der Waals surface area contributed by atoms with E-state index >= 15 is 0 Å². The molecule has 2 aromatic carbocycles. The minimum absolute atomic E-state index is 0.0319. The van der Waals surface area contributed by atoms with Gasteiger partial charge in [0.2, 0.25) is 10.0 Å². The van der Waals surface area contributed by atoms with Crippen LogP contribution in [0.5, 0.6) is 0 Å². The second-order valence-corrected chi connectivity index (χ2v) is 7.37. The summed E-state index contributed by atoms with van der Waals surface area (Å²) in [4.78, 5) is 25.7. The molecule has 9 heteroatoms. The first-order valence-electron chi connectivity index (χ1n) is 8.15. The lowest BCUT2D eigenvalue weighted by Gasteiger charge is -2.21. The van der Waals surface area contributed by atoms with E-state index in [1.165, 1.54) is 29.2 Å². The predicted molar refractivity (Wildman–Crippen MR) is 98.6 cm³/mol. The number of primary sulfonamides is 1. The summed E-state index contributed by atoms with van der Waals surface area (Å²) in [7, 11) is -3.78. The van der Waals surface area contributed by atoms with E-state index in [1.54, 1.807) is 0 Å². The van der Waals surface area contributed by atoms with Gasteiger partial charge in [0.15, 0.2) is 0 Å². The van der Waals surface area contributed by atoms with Crippen molar-refractivity contribution in [2.75, 3.05) is 13.2 Å². The third kappa shape index (κ3) is 6.17. The molecule has 0 radical (unpaired) electrons. The zero-order chi connectivity index (χ0) is 19.9. The third-order valence-electron chi connectivity index (χ3n) is 3.77. The van der Waals surface area contributed by atoms with Crippen molar-refractivity contribution in [3.05, 3.63) is 65.7 Å². The molecule has 0 spiro atoms. The van der Waals surface area contributed by atoms with Crippen LogP contribution in [0.4, 0.5) is 0 Å². The van der Waals surface area contributed by atoms with Crippen LogP contribution in [0.25, 0.3) is 0 Å². The van der Waals surface area contributed by atoms with Crippen LogP contribution < -0.4 is 10.5 Å². The molecule has 2 aromatic rings. The van der Waals surface area contributed by atoms with E-state index < -0.39 is 21.8 Å². The van der Waals surface area contributed by atoms with E-state index in [1.807, 2.05) is 30.3 Å². The number of rotatable bonds is 7. The van der Waals surface area contributed by atoms with Gasteiger partial charge in [0, 0.05) is 19.6 Å². The summed E-state index contributed by atoms with van der Waals surface area (Å²) in [5.74, 6) is -1.57. The minimum atomic E-state index is -3.78. The van der Waals surface area contributed by atoms with E-state index in [0.29, 0.717) is 5.56 Å². The second-order valence-electron chi connectivity index (χ2n) is 5.81. The van der Waals surface area contributed by atoms with Crippen LogP contribution in [0, 0.1) is 0 Å². The summed E-state index contributed by atoms with van der Waals surface area (Å²) < 4.78 is 22.4. The van der Waals surface area contributed by atoms with Crippen molar-refractivity contribution in [1.82, 2.24) is 10.2 Å². The average molecular weight is 391 g/mol. The molecular formula is C18H21N3O5S. The molecule has 0 aromatic heterocycles. The maximum absolute atomic E-state index is 12.4. The number of amides is 2. The highest BCUT2D eigenvalue weighted by molar-refractivity contribution is 7.89.